The van der Waals surface area contributed by atoms with E-state index in [9.17, 15) is 9.18 Å². The second-order valence-electron chi connectivity index (χ2n) is 7.15. The van der Waals surface area contributed by atoms with Crippen LogP contribution in [-0.2, 0) is 13.0 Å². The number of benzene rings is 1. The minimum absolute atomic E-state index is 0.253. The normalized spacial score (nSPS) is 16.8. The molecule has 3 N–H and O–H groups in total. The number of hydrogen-bond acceptors (Lipinski definition) is 4. The molecule has 2 aromatic rings. The van der Waals surface area contributed by atoms with Crippen molar-refractivity contribution in [2.45, 2.75) is 32.2 Å². The Labute approximate surface area is 159 Å². The summed E-state index contributed by atoms with van der Waals surface area (Å²) in [6.45, 7) is 4.11. The lowest BCUT2D eigenvalue weighted by atomic mass is 9.93. The minimum Gasteiger partial charge on any atom is -0.364 e. The molecule has 2 aliphatic heterocycles. The molecular weight excluding hydrogens is 343 g/mol. The Morgan fingerprint density at radius 1 is 1.19 bits per heavy atom. The van der Waals surface area contributed by atoms with Gasteiger partial charge in [0.15, 0.2) is 0 Å². The molecule has 0 bridgehead atoms. The lowest BCUT2D eigenvalue weighted by molar-refractivity contribution is 0.0995. The van der Waals surface area contributed by atoms with Crippen LogP contribution < -0.4 is 11.1 Å². The lowest BCUT2D eigenvalue weighted by Crippen LogP contribution is -2.29. The van der Waals surface area contributed by atoms with E-state index in [1.165, 1.54) is 44.5 Å². The third-order valence-electron chi connectivity index (χ3n) is 4.99. The van der Waals surface area contributed by atoms with Gasteiger partial charge in [0, 0.05) is 13.1 Å². The van der Waals surface area contributed by atoms with E-state index in [0.717, 1.165) is 35.3 Å². The highest BCUT2D eigenvalue weighted by molar-refractivity contribution is 5.92. The number of aromatic nitrogens is 1. The third-order valence-corrected chi connectivity index (χ3v) is 4.99. The Balaban J connectivity index is 0.000000299. The van der Waals surface area contributed by atoms with Crippen molar-refractivity contribution in [1.82, 2.24) is 15.2 Å². The van der Waals surface area contributed by atoms with Crippen molar-refractivity contribution >= 4 is 5.91 Å². The number of nitrogens with one attached hydrogen (secondary N) is 1. The number of primary amides is 1. The third kappa shape index (κ3) is 5.11. The first kappa shape index (κ1) is 19.5. The van der Waals surface area contributed by atoms with Crippen LogP contribution in [-0.4, -0.2) is 42.5 Å². The van der Waals surface area contributed by atoms with E-state index >= 15 is 0 Å². The van der Waals surface area contributed by atoms with Crippen LogP contribution in [0.5, 0.6) is 0 Å². The van der Waals surface area contributed by atoms with Crippen LogP contribution in [0.3, 0.4) is 0 Å². The predicted octanol–water partition coefficient (Wildman–Crippen LogP) is 2.73. The molecule has 27 heavy (non-hydrogen) atoms. The number of carbonyl (C=O) groups is 1. The van der Waals surface area contributed by atoms with Gasteiger partial charge in [-0.15, -0.1) is 0 Å². The fourth-order valence-electron chi connectivity index (χ4n) is 3.49. The molecule has 2 aliphatic rings. The SMILES string of the molecule is C1CCNCC1.CN1CCc2c(-c3ccc(F)cc3)cc(C(N)=O)nc2C1. The van der Waals surface area contributed by atoms with Crippen molar-refractivity contribution < 1.29 is 9.18 Å². The molecule has 0 unspecified atom stereocenters. The molecule has 4 rings (SSSR count). The van der Waals surface area contributed by atoms with E-state index in [-0.39, 0.29) is 11.5 Å². The average Bonchev–Trinajstić information content (AvgIpc) is 2.69. The van der Waals surface area contributed by atoms with E-state index in [2.05, 4.69) is 15.2 Å². The maximum atomic E-state index is 13.1. The monoisotopic (exact) mass is 370 g/mol. The zero-order valence-electron chi connectivity index (χ0n) is 15.8. The fourth-order valence-corrected chi connectivity index (χ4v) is 3.49. The quantitative estimate of drug-likeness (QED) is 0.853. The molecule has 3 heterocycles. The summed E-state index contributed by atoms with van der Waals surface area (Å²) in [6, 6.07) is 7.98. The maximum Gasteiger partial charge on any atom is 0.267 e. The average molecular weight is 370 g/mol. The van der Waals surface area contributed by atoms with Gasteiger partial charge in [-0.25, -0.2) is 9.37 Å². The summed E-state index contributed by atoms with van der Waals surface area (Å²) in [4.78, 5) is 18.0. The second kappa shape index (κ2) is 9.06. The molecule has 0 saturated carbocycles. The van der Waals surface area contributed by atoms with Crippen molar-refractivity contribution in [3.63, 3.8) is 0 Å². The van der Waals surface area contributed by atoms with Gasteiger partial charge in [0.05, 0.1) is 5.69 Å². The Bertz CT molecular complexity index is 776. The molecule has 0 aliphatic carbocycles. The summed E-state index contributed by atoms with van der Waals surface area (Å²) in [5, 5.41) is 3.28. The van der Waals surface area contributed by atoms with Crippen LogP contribution in [0.15, 0.2) is 30.3 Å². The smallest absolute Gasteiger partial charge is 0.267 e. The van der Waals surface area contributed by atoms with Crippen LogP contribution >= 0.6 is 0 Å². The van der Waals surface area contributed by atoms with Crippen LogP contribution in [0, 0.1) is 5.82 Å². The number of rotatable bonds is 2. The summed E-state index contributed by atoms with van der Waals surface area (Å²) in [5.41, 5.74) is 9.42. The predicted molar refractivity (Wildman–Crippen MR) is 105 cm³/mol. The van der Waals surface area contributed by atoms with E-state index in [1.807, 2.05) is 7.05 Å². The molecular formula is C21H27FN4O. The highest BCUT2D eigenvalue weighted by Gasteiger charge is 2.21. The summed E-state index contributed by atoms with van der Waals surface area (Å²) < 4.78 is 13.1. The highest BCUT2D eigenvalue weighted by Crippen LogP contribution is 2.30. The van der Waals surface area contributed by atoms with E-state index < -0.39 is 5.91 Å². The van der Waals surface area contributed by atoms with Gasteiger partial charge in [-0.1, -0.05) is 18.6 Å². The molecule has 1 aromatic carbocycles. The number of piperidine rings is 1. The van der Waals surface area contributed by atoms with Crippen molar-refractivity contribution in [3.05, 3.63) is 53.1 Å². The standard InChI is InChI=1S/C16H16FN3O.C5H11N/c1-20-7-6-12-13(10-2-4-11(17)5-3-10)8-14(16(18)21)19-15(12)9-20;1-2-4-6-5-3-1/h2-5,8H,6-7,9H2,1H3,(H2,18,21);6H,1-5H2. The van der Waals surface area contributed by atoms with Gasteiger partial charge in [0.1, 0.15) is 11.5 Å². The molecule has 1 aromatic heterocycles. The van der Waals surface area contributed by atoms with Crippen molar-refractivity contribution in [2.24, 2.45) is 5.73 Å². The molecule has 0 spiro atoms. The number of carbonyl (C=O) groups excluding carboxylic acids is 1. The Morgan fingerprint density at radius 2 is 1.89 bits per heavy atom. The summed E-state index contributed by atoms with van der Waals surface area (Å²) in [5.74, 6) is -0.828. The van der Waals surface area contributed by atoms with Crippen LogP contribution in [0.2, 0.25) is 0 Å². The van der Waals surface area contributed by atoms with Crippen LogP contribution in [0.25, 0.3) is 11.1 Å². The zero-order valence-corrected chi connectivity index (χ0v) is 15.8. The molecule has 144 valence electrons. The van der Waals surface area contributed by atoms with Gasteiger partial charge in [-0.3, -0.25) is 4.79 Å². The van der Waals surface area contributed by atoms with Crippen molar-refractivity contribution in [1.29, 1.82) is 0 Å². The van der Waals surface area contributed by atoms with Gasteiger partial charge in [-0.05, 0) is 74.3 Å². The molecule has 0 atom stereocenters. The number of amides is 1. The Morgan fingerprint density at radius 3 is 2.44 bits per heavy atom. The van der Waals surface area contributed by atoms with Gasteiger partial charge >= 0.3 is 0 Å². The molecule has 1 amide bonds. The highest BCUT2D eigenvalue weighted by atomic mass is 19.1. The summed E-state index contributed by atoms with van der Waals surface area (Å²) >= 11 is 0. The number of halogens is 1. The summed E-state index contributed by atoms with van der Waals surface area (Å²) in [6.07, 6.45) is 5.07. The molecule has 1 fully saturated rings. The number of nitrogens with two attached hydrogens (primary N) is 1. The number of fused-ring (bicyclic) bond motifs is 1. The van der Waals surface area contributed by atoms with E-state index in [4.69, 9.17) is 5.73 Å². The Kier molecular flexibility index (Phi) is 6.53. The first-order valence-electron chi connectivity index (χ1n) is 9.52. The molecule has 0 radical (unpaired) electrons. The first-order valence-corrected chi connectivity index (χ1v) is 9.52. The maximum absolute atomic E-state index is 13.1. The largest absolute Gasteiger partial charge is 0.364 e. The lowest BCUT2D eigenvalue weighted by Gasteiger charge is -2.26. The number of hydrogen-bond donors (Lipinski definition) is 2. The Hall–Kier alpha value is -2.31. The summed E-state index contributed by atoms with van der Waals surface area (Å²) in [7, 11) is 2.01. The molecule has 5 nitrogen and oxygen atoms in total. The number of pyridine rings is 1. The van der Waals surface area contributed by atoms with Crippen LogP contribution in [0.4, 0.5) is 4.39 Å². The van der Waals surface area contributed by atoms with Gasteiger partial charge in [0.25, 0.3) is 5.91 Å². The minimum atomic E-state index is -0.547. The van der Waals surface area contributed by atoms with Gasteiger partial charge in [0.2, 0.25) is 0 Å². The van der Waals surface area contributed by atoms with E-state index in [0.29, 0.717) is 6.54 Å². The molecule has 1 saturated heterocycles. The van der Waals surface area contributed by atoms with Gasteiger partial charge < -0.3 is 16.0 Å². The zero-order chi connectivity index (χ0) is 19.2. The van der Waals surface area contributed by atoms with Crippen molar-refractivity contribution in [2.75, 3.05) is 26.7 Å². The fraction of sp³-hybridized carbons (Fsp3) is 0.429. The van der Waals surface area contributed by atoms with E-state index in [1.54, 1.807) is 18.2 Å². The van der Waals surface area contributed by atoms with Crippen LogP contribution in [0.1, 0.15) is 41.0 Å². The van der Waals surface area contributed by atoms with Gasteiger partial charge in [-0.2, -0.15) is 0 Å². The first-order chi connectivity index (χ1) is 13.0. The van der Waals surface area contributed by atoms with Crippen molar-refractivity contribution in [3.8, 4) is 11.1 Å². The topological polar surface area (TPSA) is 71.2 Å². The molecule has 6 heteroatoms. The number of likely N-dealkylation sites (N-methyl/N-ethyl adjacent to an activating group) is 1. The number of nitrogens with zero attached hydrogens (tertiary/aromatic N) is 2. The second-order valence-corrected chi connectivity index (χ2v) is 7.15.